The lowest BCUT2D eigenvalue weighted by atomic mass is 10.1. The predicted octanol–water partition coefficient (Wildman–Crippen LogP) is 3.28. The molecule has 0 aliphatic heterocycles. The van der Waals surface area contributed by atoms with Crippen LogP contribution in [0.5, 0.6) is 23.0 Å². The fraction of sp³-hybridized carbons (Fsp3) is 0.278. The maximum atomic E-state index is 12.7. The zero-order chi connectivity index (χ0) is 17.7. The van der Waals surface area contributed by atoms with E-state index in [4.69, 9.17) is 18.9 Å². The molecule has 0 fully saturated rings. The van der Waals surface area contributed by atoms with Crippen molar-refractivity contribution in [2.45, 2.75) is 6.92 Å². The van der Waals surface area contributed by atoms with Crippen LogP contribution in [0.2, 0.25) is 0 Å². The van der Waals surface area contributed by atoms with E-state index in [0.717, 1.165) is 5.56 Å². The Morgan fingerprint density at radius 1 is 0.875 bits per heavy atom. The molecule has 2 aromatic carbocycles. The molecule has 1 amide bonds. The van der Waals surface area contributed by atoms with Crippen LogP contribution in [0.1, 0.15) is 15.9 Å². The largest absolute Gasteiger partial charge is 0.497 e. The Morgan fingerprint density at radius 3 is 2.12 bits per heavy atom. The molecule has 0 saturated carbocycles. The highest BCUT2D eigenvalue weighted by Gasteiger charge is 2.18. The van der Waals surface area contributed by atoms with Gasteiger partial charge in [-0.3, -0.25) is 4.79 Å². The van der Waals surface area contributed by atoms with Crippen molar-refractivity contribution in [1.29, 1.82) is 0 Å². The monoisotopic (exact) mass is 331 g/mol. The van der Waals surface area contributed by atoms with Crippen LogP contribution in [0, 0.1) is 6.92 Å². The number of carbonyl (C=O) groups is 1. The third-order valence-electron chi connectivity index (χ3n) is 3.68. The topological polar surface area (TPSA) is 66.0 Å². The van der Waals surface area contributed by atoms with Crippen LogP contribution in [0.25, 0.3) is 0 Å². The lowest BCUT2D eigenvalue weighted by Crippen LogP contribution is -2.14. The average Bonchev–Trinajstić information content (AvgIpc) is 2.61. The van der Waals surface area contributed by atoms with E-state index in [0.29, 0.717) is 34.2 Å². The SMILES string of the molecule is COc1ccc(OC)c(NC(=O)c2ccc(OC)c(C)c2OC)c1. The van der Waals surface area contributed by atoms with Gasteiger partial charge >= 0.3 is 0 Å². The van der Waals surface area contributed by atoms with E-state index in [1.54, 1.807) is 44.6 Å². The van der Waals surface area contributed by atoms with Crippen LogP contribution < -0.4 is 24.3 Å². The normalized spacial score (nSPS) is 10.0. The molecule has 0 aliphatic carbocycles. The summed E-state index contributed by atoms with van der Waals surface area (Å²) in [7, 11) is 6.19. The Morgan fingerprint density at radius 2 is 1.54 bits per heavy atom. The van der Waals surface area contributed by atoms with Crippen molar-refractivity contribution in [1.82, 2.24) is 0 Å². The van der Waals surface area contributed by atoms with Crippen molar-refractivity contribution in [2.75, 3.05) is 33.8 Å². The van der Waals surface area contributed by atoms with E-state index in [1.807, 2.05) is 6.92 Å². The molecule has 6 heteroatoms. The maximum absolute atomic E-state index is 12.7. The number of hydrogen-bond donors (Lipinski definition) is 1. The zero-order valence-electron chi connectivity index (χ0n) is 14.4. The highest BCUT2D eigenvalue weighted by Crippen LogP contribution is 2.33. The Balaban J connectivity index is 2.39. The van der Waals surface area contributed by atoms with E-state index in [-0.39, 0.29) is 5.91 Å². The summed E-state index contributed by atoms with van der Waals surface area (Å²) in [5, 5.41) is 2.83. The molecular weight excluding hydrogens is 310 g/mol. The first kappa shape index (κ1) is 17.5. The summed E-state index contributed by atoms with van der Waals surface area (Å²) in [6.07, 6.45) is 0. The van der Waals surface area contributed by atoms with Crippen molar-refractivity contribution in [2.24, 2.45) is 0 Å². The summed E-state index contributed by atoms with van der Waals surface area (Å²) < 4.78 is 21.1. The lowest BCUT2D eigenvalue weighted by molar-refractivity contribution is 0.102. The maximum Gasteiger partial charge on any atom is 0.259 e. The van der Waals surface area contributed by atoms with Gasteiger partial charge in [0, 0.05) is 11.6 Å². The average molecular weight is 331 g/mol. The number of nitrogens with one attached hydrogen (secondary N) is 1. The van der Waals surface area contributed by atoms with Gasteiger partial charge in [-0.2, -0.15) is 0 Å². The molecule has 0 aromatic heterocycles. The number of amides is 1. The molecule has 6 nitrogen and oxygen atoms in total. The molecule has 0 aliphatic rings. The molecule has 0 bridgehead atoms. The number of ether oxygens (including phenoxy) is 4. The molecule has 1 N–H and O–H groups in total. The smallest absolute Gasteiger partial charge is 0.259 e. The quantitative estimate of drug-likeness (QED) is 0.880. The first-order valence-electron chi connectivity index (χ1n) is 7.30. The zero-order valence-corrected chi connectivity index (χ0v) is 14.4. The van der Waals surface area contributed by atoms with Crippen molar-refractivity contribution < 1.29 is 23.7 Å². The third-order valence-corrected chi connectivity index (χ3v) is 3.68. The first-order chi connectivity index (χ1) is 11.5. The minimum Gasteiger partial charge on any atom is -0.497 e. The standard InChI is InChI=1S/C18H21NO5/c1-11-15(22-3)9-7-13(17(11)24-5)18(20)19-14-10-12(21-2)6-8-16(14)23-4/h6-10H,1-5H3,(H,19,20). The van der Waals surface area contributed by atoms with Crippen LogP contribution in [0.15, 0.2) is 30.3 Å². The summed E-state index contributed by atoms with van der Waals surface area (Å²) in [5.41, 5.74) is 1.67. The molecule has 0 saturated heterocycles. The van der Waals surface area contributed by atoms with E-state index >= 15 is 0 Å². The predicted molar refractivity (Wildman–Crippen MR) is 91.8 cm³/mol. The Labute approximate surface area is 141 Å². The van der Waals surface area contributed by atoms with E-state index in [9.17, 15) is 4.79 Å². The summed E-state index contributed by atoms with van der Waals surface area (Å²) in [4.78, 5) is 12.7. The Hall–Kier alpha value is -2.89. The van der Waals surface area contributed by atoms with E-state index < -0.39 is 0 Å². The number of benzene rings is 2. The minimum atomic E-state index is -0.316. The number of hydrogen-bond acceptors (Lipinski definition) is 5. The molecular formula is C18H21NO5. The van der Waals surface area contributed by atoms with Crippen LogP contribution in [-0.2, 0) is 0 Å². The molecule has 0 unspecified atom stereocenters. The second-order valence-corrected chi connectivity index (χ2v) is 4.99. The van der Waals surface area contributed by atoms with Gasteiger partial charge < -0.3 is 24.3 Å². The van der Waals surface area contributed by atoms with Crippen molar-refractivity contribution in [3.8, 4) is 23.0 Å². The summed E-state index contributed by atoms with van der Waals surface area (Å²) in [5.74, 6) is 1.96. The van der Waals surface area contributed by atoms with Crippen LogP contribution in [0.3, 0.4) is 0 Å². The van der Waals surface area contributed by atoms with Gasteiger partial charge in [0.25, 0.3) is 5.91 Å². The van der Waals surface area contributed by atoms with Crippen LogP contribution in [0.4, 0.5) is 5.69 Å². The van der Waals surface area contributed by atoms with Crippen LogP contribution >= 0.6 is 0 Å². The van der Waals surface area contributed by atoms with Gasteiger partial charge in [-0.05, 0) is 31.2 Å². The van der Waals surface area contributed by atoms with Crippen molar-refractivity contribution in [3.63, 3.8) is 0 Å². The van der Waals surface area contributed by atoms with Crippen molar-refractivity contribution >= 4 is 11.6 Å². The van der Waals surface area contributed by atoms with Gasteiger partial charge in [0.15, 0.2) is 0 Å². The number of anilines is 1. The summed E-state index contributed by atoms with van der Waals surface area (Å²) >= 11 is 0. The molecule has 128 valence electrons. The molecule has 0 spiro atoms. The highest BCUT2D eigenvalue weighted by atomic mass is 16.5. The van der Waals surface area contributed by atoms with Gasteiger partial charge in [0.05, 0.1) is 39.7 Å². The number of rotatable bonds is 6. The van der Waals surface area contributed by atoms with Gasteiger partial charge in [-0.25, -0.2) is 0 Å². The van der Waals surface area contributed by atoms with E-state index in [1.165, 1.54) is 14.2 Å². The highest BCUT2D eigenvalue weighted by molar-refractivity contribution is 6.07. The minimum absolute atomic E-state index is 0.316. The third kappa shape index (κ3) is 3.37. The lowest BCUT2D eigenvalue weighted by Gasteiger charge is -2.16. The Kier molecular flexibility index (Phi) is 5.52. The number of carbonyl (C=O) groups excluding carboxylic acids is 1. The second-order valence-electron chi connectivity index (χ2n) is 4.99. The van der Waals surface area contributed by atoms with Crippen molar-refractivity contribution in [3.05, 3.63) is 41.5 Å². The molecule has 2 aromatic rings. The van der Waals surface area contributed by atoms with Crippen LogP contribution in [-0.4, -0.2) is 34.3 Å². The molecule has 0 atom stereocenters. The molecule has 0 heterocycles. The van der Waals surface area contributed by atoms with Gasteiger partial charge in [0.1, 0.15) is 23.0 Å². The van der Waals surface area contributed by atoms with Gasteiger partial charge in [-0.15, -0.1) is 0 Å². The summed E-state index contributed by atoms with van der Waals surface area (Å²) in [6.45, 7) is 1.83. The summed E-state index contributed by atoms with van der Waals surface area (Å²) in [6, 6.07) is 8.57. The number of methoxy groups -OCH3 is 4. The molecule has 24 heavy (non-hydrogen) atoms. The van der Waals surface area contributed by atoms with Gasteiger partial charge in [0.2, 0.25) is 0 Å². The molecule has 2 rings (SSSR count). The first-order valence-corrected chi connectivity index (χ1v) is 7.30. The fourth-order valence-electron chi connectivity index (χ4n) is 2.44. The second kappa shape index (κ2) is 7.59. The Bertz CT molecular complexity index is 742. The fourth-order valence-corrected chi connectivity index (χ4v) is 2.44. The molecule has 0 radical (unpaired) electrons. The van der Waals surface area contributed by atoms with E-state index in [2.05, 4.69) is 5.32 Å². The van der Waals surface area contributed by atoms with Gasteiger partial charge in [-0.1, -0.05) is 0 Å².